The van der Waals surface area contributed by atoms with Crippen LogP contribution in [0.25, 0.3) is 6.08 Å². The van der Waals surface area contributed by atoms with E-state index in [1.165, 1.54) is 5.56 Å². The van der Waals surface area contributed by atoms with Gasteiger partial charge in [0.15, 0.2) is 0 Å². The molecule has 0 N–H and O–H groups in total. The molecule has 5 heteroatoms. The molecule has 0 atom stereocenters. The van der Waals surface area contributed by atoms with Gasteiger partial charge in [-0.2, -0.15) is 0 Å². The van der Waals surface area contributed by atoms with Gasteiger partial charge in [-0.1, -0.05) is 71.8 Å². The van der Waals surface area contributed by atoms with Gasteiger partial charge in [0.05, 0.1) is 15.6 Å². The monoisotopic (exact) mass is 374 g/mol. The van der Waals surface area contributed by atoms with E-state index in [0.717, 1.165) is 19.6 Å². The third-order valence-electron chi connectivity index (χ3n) is 4.31. The average molecular weight is 375 g/mol. The van der Waals surface area contributed by atoms with Gasteiger partial charge in [-0.25, -0.2) is 0 Å². The summed E-state index contributed by atoms with van der Waals surface area (Å²) in [6.45, 7) is 3.97. The normalized spacial score (nSPS) is 15.7. The first-order valence-electron chi connectivity index (χ1n) is 8.32. The number of hydrogen-bond donors (Lipinski definition) is 0. The fourth-order valence-electron chi connectivity index (χ4n) is 2.87. The van der Waals surface area contributed by atoms with Crippen LogP contribution in [0.2, 0.25) is 10.0 Å². The Hall–Kier alpha value is -1.81. The van der Waals surface area contributed by atoms with Crippen molar-refractivity contribution in [2.45, 2.75) is 0 Å². The van der Waals surface area contributed by atoms with Crippen molar-refractivity contribution in [1.29, 1.82) is 0 Å². The zero-order chi connectivity index (χ0) is 17.6. The number of rotatable bonds is 4. The second-order valence-electron chi connectivity index (χ2n) is 6.01. The predicted molar refractivity (Wildman–Crippen MR) is 104 cm³/mol. The number of carbonyl (C=O) groups is 1. The standard InChI is InChI=1S/C20H20Cl2N2O/c21-18-10-4-9-17(19(18)22)20(25)24-14-12-23(13-15-24)11-5-8-16-6-2-1-3-7-16/h1-10H,11-15H2/b8-5+. The third-order valence-corrected chi connectivity index (χ3v) is 5.13. The van der Waals surface area contributed by atoms with Crippen LogP contribution in [0.5, 0.6) is 0 Å². The van der Waals surface area contributed by atoms with Crippen LogP contribution in [-0.4, -0.2) is 48.4 Å². The molecule has 3 nitrogen and oxygen atoms in total. The minimum Gasteiger partial charge on any atom is -0.336 e. The Labute approximate surface area is 158 Å². The molecule has 1 aliphatic rings. The lowest BCUT2D eigenvalue weighted by Crippen LogP contribution is -2.48. The summed E-state index contributed by atoms with van der Waals surface area (Å²) >= 11 is 12.2. The zero-order valence-corrected chi connectivity index (χ0v) is 15.4. The number of amides is 1. The molecule has 3 rings (SSSR count). The number of benzene rings is 2. The second-order valence-corrected chi connectivity index (χ2v) is 6.79. The Balaban J connectivity index is 1.52. The molecule has 0 unspecified atom stereocenters. The molecule has 0 spiro atoms. The maximum absolute atomic E-state index is 12.6. The van der Waals surface area contributed by atoms with Gasteiger partial charge in [0.25, 0.3) is 5.91 Å². The summed E-state index contributed by atoms with van der Waals surface area (Å²) in [6, 6.07) is 15.4. The fourth-order valence-corrected chi connectivity index (χ4v) is 3.26. The van der Waals surface area contributed by atoms with Gasteiger partial charge in [-0.05, 0) is 17.7 Å². The number of hydrogen-bond acceptors (Lipinski definition) is 2. The Kier molecular flexibility index (Phi) is 6.14. The minimum absolute atomic E-state index is 0.0491. The highest BCUT2D eigenvalue weighted by Gasteiger charge is 2.23. The molecule has 0 bridgehead atoms. The van der Waals surface area contributed by atoms with Gasteiger partial charge >= 0.3 is 0 Å². The Morgan fingerprint density at radius 3 is 2.40 bits per heavy atom. The molecular weight excluding hydrogens is 355 g/mol. The summed E-state index contributed by atoms with van der Waals surface area (Å²) in [7, 11) is 0. The molecule has 2 aromatic rings. The average Bonchev–Trinajstić information content (AvgIpc) is 2.65. The van der Waals surface area contributed by atoms with Crippen LogP contribution in [0.4, 0.5) is 0 Å². The van der Waals surface area contributed by atoms with Gasteiger partial charge in [0, 0.05) is 32.7 Å². The number of halogens is 2. The molecule has 0 radical (unpaired) electrons. The van der Waals surface area contributed by atoms with E-state index in [9.17, 15) is 4.79 Å². The van der Waals surface area contributed by atoms with Crippen LogP contribution in [0.3, 0.4) is 0 Å². The fraction of sp³-hybridized carbons (Fsp3) is 0.250. The van der Waals surface area contributed by atoms with Crippen LogP contribution in [0.15, 0.2) is 54.6 Å². The molecule has 0 saturated carbocycles. The van der Waals surface area contributed by atoms with Gasteiger partial charge in [-0.15, -0.1) is 0 Å². The summed E-state index contributed by atoms with van der Waals surface area (Å²) in [5.41, 5.74) is 1.68. The van der Waals surface area contributed by atoms with E-state index in [0.29, 0.717) is 28.7 Å². The van der Waals surface area contributed by atoms with Crippen LogP contribution < -0.4 is 0 Å². The van der Waals surface area contributed by atoms with E-state index < -0.39 is 0 Å². The van der Waals surface area contributed by atoms with E-state index in [1.54, 1.807) is 18.2 Å². The van der Waals surface area contributed by atoms with Crippen molar-refractivity contribution in [2.75, 3.05) is 32.7 Å². The van der Waals surface area contributed by atoms with E-state index in [1.807, 2.05) is 23.1 Å². The van der Waals surface area contributed by atoms with Crippen molar-refractivity contribution < 1.29 is 4.79 Å². The maximum Gasteiger partial charge on any atom is 0.255 e. The molecule has 1 aliphatic heterocycles. The quantitative estimate of drug-likeness (QED) is 0.788. The van der Waals surface area contributed by atoms with Gasteiger partial charge < -0.3 is 4.90 Å². The van der Waals surface area contributed by atoms with Gasteiger partial charge in [-0.3, -0.25) is 9.69 Å². The highest BCUT2D eigenvalue weighted by atomic mass is 35.5. The van der Waals surface area contributed by atoms with Crippen LogP contribution in [0.1, 0.15) is 15.9 Å². The first-order valence-corrected chi connectivity index (χ1v) is 9.08. The third kappa shape index (κ3) is 4.63. The second kappa shape index (κ2) is 8.52. The molecule has 1 heterocycles. The number of carbonyl (C=O) groups excluding carboxylic acids is 1. The van der Waals surface area contributed by atoms with Gasteiger partial charge in [0.1, 0.15) is 0 Å². The van der Waals surface area contributed by atoms with Crippen molar-refractivity contribution in [1.82, 2.24) is 9.80 Å². The summed E-state index contributed by atoms with van der Waals surface area (Å²) in [5, 5.41) is 0.750. The lowest BCUT2D eigenvalue weighted by atomic mass is 10.1. The van der Waals surface area contributed by atoms with E-state index >= 15 is 0 Å². The predicted octanol–water partition coefficient (Wildman–Crippen LogP) is 4.46. The molecule has 25 heavy (non-hydrogen) atoms. The van der Waals surface area contributed by atoms with Crippen LogP contribution in [-0.2, 0) is 0 Å². The smallest absolute Gasteiger partial charge is 0.255 e. The van der Waals surface area contributed by atoms with Crippen molar-refractivity contribution >= 4 is 35.2 Å². The highest BCUT2D eigenvalue weighted by Crippen LogP contribution is 2.26. The summed E-state index contributed by atoms with van der Waals surface area (Å²) < 4.78 is 0. The molecule has 2 aromatic carbocycles. The summed E-state index contributed by atoms with van der Waals surface area (Å²) in [4.78, 5) is 16.8. The Morgan fingerprint density at radius 2 is 1.68 bits per heavy atom. The van der Waals surface area contributed by atoms with Crippen molar-refractivity contribution in [2.24, 2.45) is 0 Å². The Bertz CT molecular complexity index is 754. The van der Waals surface area contributed by atoms with Crippen molar-refractivity contribution in [3.8, 4) is 0 Å². The molecule has 0 aliphatic carbocycles. The van der Waals surface area contributed by atoms with Crippen molar-refractivity contribution in [3.63, 3.8) is 0 Å². The molecule has 1 saturated heterocycles. The zero-order valence-electron chi connectivity index (χ0n) is 13.9. The molecule has 0 aromatic heterocycles. The number of nitrogens with zero attached hydrogens (tertiary/aromatic N) is 2. The van der Waals surface area contributed by atoms with Crippen LogP contribution in [0, 0.1) is 0 Å². The Morgan fingerprint density at radius 1 is 0.960 bits per heavy atom. The summed E-state index contributed by atoms with van der Waals surface area (Å²) in [6.07, 6.45) is 4.30. The van der Waals surface area contributed by atoms with Crippen molar-refractivity contribution in [3.05, 3.63) is 75.8 Å². The lowest BCUT2D eigenvalue weighted by Gasteiger charge is -2.34. The SMILES string of the molecule is O=C(c1cccc(Cl)c1Cl)N1CCN(C/C=C/c2ccccc2)CC1. The summed E-state index contributed by atoms with van der Waals surface area (Å²) in [5.74, 6) is -0.0491. The largest absolute Gasteiger partial charge is 0.336 e. The first-order chi connectivity index (χ1) is 12.1. The van der Waals surface area contributed by atoms with E-state index in [-0.39, 0.29) is 5.91 Å². The molecule has 130 valence electrons. The molecule has 1 fully saturated rings. The minimum atomic E-state index is -0.0491. The first kappa shape index (κ1) is 18.0. The van der Waals surface area contributed by atoms with Gasteiger partial charge in [0.2, 0.25) is 0 Å². The molecule has 1 amide bonds. The number of piperazine rings is 1. The maximum atomic E-state index is 12.6. The van der Waals surface area contributed by atoms with E-state index in [4.69, 9.17) is 23.2 Å². The van der Waals surface area contributed by atoms with E-state index in [2.05, 4.69) is 29.2 Å². The van der Waals surface area contributed by atoms with Crippen LogP contribution >= 0.6 is 23.2 Å². The molecular formula is C20H20Cl2N2O. The lowest BCUT2D eigenvalue weighted by molar-refractivity contribution is 0.0650. The highest BCUT2D eigenvalue weighted by molar-refractivity contribution is 6.43. The topological polar surface area (TPSA) is 23.6 Å².